The van der Waals surface area contributed by atoms with Crippen LogP contribution in [0.15, 0.2) is 30.9 Å². The van der Waals surface area contributed by atoms with Crippen molar-refractivity contribution < 1.29 is 9.90 Å². The van der Waals surface area contributed by atoms with E-state index in [1.807, 2.05) is 27.6 Å². The van der Waals surface area contributed by atoms with E-state index in [4.69, 9.17) is 0 Å². The molecule has 1 saturated heterocycles. The molecule has 1 aliphatic heterocycles. The SMILES string of the molecule is CC(O)CC1CCCN1C(=O)c1ccn2cncc2c1. The Kier molecular flexibility index (Phi) is 3.44. The molecular weight excluding hydrogens is 254 g/mol. The van der Waals surface area contributed by atoms with Gasteiger partial charge >= 0.3 is 0 Å². The Morgan fingerprint density at radius 2 is 2.45 bits per heavy atom. The molecule has 3 rings (SSSR count). The van der Waals surface area contributed by atoms with Crippen molar-refractivity contribution >= 4 is 11.4 Å². The van der Waals surface area contributed by atoms with Crippen molar-refractivity contribution in [1.29, 1.82) is 0 Å². The van der Waals surface area contributed by atoms with E-state index >= 15 is 0 Å². The van der Waals surface area contributed by atoms with Gasteiger partial charge in [-0.15, -0.1) is 0 Å². The number of pyridine rings is 1. The fourth-order valence-electron chi connectivity index (χ4n) is 2.96. The predicted octanol–water partition coefficient (Wildman–Crippen LogP) is 1.71. The van der Waals surface area contributed by atoms with Crippen LogP contribution in [0.5, 0.6) is 0 Å². The van der Waals surface area contributed by atoms with Crippen molar-refractivity contribution in [3.63, 3.8) is 0 Å². The number of imidazole rings is 1. The fourth-order valence-corrected chi connectivity index (χ4v) is 2.96. The zero-order valence-corrected chi connectivity index (χ0v) is 11.6. The molecule has 0 saturated carbocycles. The highest BCUT2D eigenvalue weighted by atomic mass is 16.3. The number of likely N-dealkylation sites (tertiary alicyclic amines) is 1. The summed E-state index contributed by atoms with van der Waals surface area (Å²) in [7, 11) is 0. The minimum atomic E-state index is -0.370. The van der Waals surface area contributed by atoms with Crippen LogP contribution in [0.3, 0.4) is 0 Å². The summed E-state index contributed by atoms with van der Waals surface area (Å²) in [5, 5.41) is 9.55. The third-order valence-electron chi connectivity index (χ3n) is 3.91. The van der Waals surface area contributed by atoms with E-state index in [0.29, 0.717) is 12.0 Å². The lowest BCUT2D eigenvalue weighted by Crippen LogP contribution is -2.37. The number of hydrogen-bond donors (Lipinski definition) is 1. The molecule has 3 heterocycles. The van der Waals surface area contributed by atoms with Crippen LogP contribution < -0.4 is 0 Å². The van der Waals surface area contributed by atoms with Gasteiger partial charge in [-0.25, -0.2) is 4.98 Å². The molecule has 0 radical (unpaired) electrons. The van der Waals surface area contributed by atoms with E-state index < -0.39 is 0 Å². The molecule has 1 N–H and O–H groups in total. The van der Waals surface area contributed by atoms with Gasteiger partial charge in [-0.2, -0.15) is 0 Å². The van der Waals surface area contributed by atoms with Gasteiger partial charge in [0.1, 0.15) is 0 Å². The first kappa shape index (κ1) is 13.1. The molecule has 2 aromatic rings. The summed E-state index contributed by atoms with van der Waals surface area (Å²) in [6.07, 6.45) is 7.59. The number of fused-ring (bicyclic) bond motifs is 1. The third-order valence-corrected chi connectivity index (χ3v) is 3.91. The van der Waals surface area contributed by atoms with E-state index in [1.54, 1.807) is 19.4 Å². The largest absolute Gasteiger partial charge is 0.393 e. The second kappa shape index (κ2) is 5.25. The normalized spacial score (nSPS) is 20.5. The van der Waals surface area contributed by atoms with Crippen molar-refractivity contribution in [3.8, 4) is 0 Å². The predicted molar refractivity (Wildman–Crippen MR) is 75.5 cm³/mol. The zero-order valence-electron chi connectivity index (χ0n) is 11.6. The van der Waals surface area contributed by atoms with Crippen molar-refractivity contribution in [1.82, 2.24) is 14.3 Å². The smallest absolute Gasteiger partial charge is 0.254 e. The molecule has 1 fully saturated rings. The van der Waals surface area contributed by atoms with Gasteiger partial charge in [0.15, 0.2) is 0 Å². The van der Waals surface area contributed by atoms with Crippen molar-refractivity contribution in [2.75, 3.05) is 6.54 Å². The van der Waals surface area contributed by atoms with E-state index in [9.17, 15) is 9.90 Å². The Morgan fingerprint density at radius 1 is 1.60 bits per heavy atom. The summed E-state index contributed by atoms with van der Waals surface area (Å²) in [5.41, 5.74) is 1.61. The molecule has 0 aromatic carbocycles. The Hall–Kier alpha value is -1.88. The molecule has 1 aliphatic rings. The molecule has 2 unspecified atom stereocenters. The number of aliphatic hydroxyl groups excluding tert-OH is 1. The number of hydrogen-bond acceptors (Lipinski definition) is 3. The first-order chi connectivity index (χ1) is 9.65. The third kappa shape index (κ3) is 2.41. The zero-order chi connectivity index (χ0) is 14.1. The molecule has 0 bridgehead atoms. The molecule has 0 aliphatic carbocycles. The highest BCUT2D eigenvalue weighted by molar-refractivity contribution is 5.95. The van der Waals surface area contributed by atoms with Crippen LogP contribution in [0.2, 0.25) is 0 Å². The number of aromatic nitrogens is 2. The molecular formula is C15H19N3O2. The van der Waals surface area contributed by atoms with Crippen LogP contribution in [0.25, 0.3) is 5.52 Å². The van der Waals surface area contributed by atoms with E-state index in [-0.39, 0.29) is 18.1 Å². The second-order valence-corrected chi connectivity index (χ2v) is 5.52. The van der Waals surface area contributed by atoms with Gasteiger partial charge < -0.3 is 14.4 Å². The van der Waals surface area contributed by atoms with E-state index in [1.165, 1.54) is 0 Å². The highest BCUT2D eigenvalue weighted by Gasteiger charge is 2.30. The number of amides is 1. The van der Waals surface area contributed by atoms with Gasteiger partial charge in [0.25, 0.3) is 5.91 Å². The number of carbonyl (C=O) groups excluding carboxylic acids is 1. The number of nitrogens with zero attached hydrogens (tertiary/aromatic N) is 3. The summed E-state index contributed by atoms with van der Waals surface area (Å²) >= 11 is 0. The van der Waals surface area contributed by atoms with Crippen LogP contribution in [0.4, 0.5) is 0 Å². The Balaban J connectivity index is 1.83. The standard InChI is InChI=1S/C15H19N3O2/c1-11(19)7-13-3-2-5-18(13)15(20)12-4-6-17-10-16-9-14(17)8-12/h4,6,8-11,13,19H,2-3,5,7H2,1H3. The lowest BCUT2D eigenvalue weighted by Gasteiger charge is -2.25. The van der Waals surface area contributed by atoms with Crippen molar-refractivity contribution in [2.24, 2.45) is 0 Å². The van der Waals surface area contributed by atoms with Gasteiger partial charge in [0.2, 0.25) is 0 Å². The monoisotopic (exact) mass is 273 g/mol. The maximum Gasteiger partial charge on any atom is 0.254 e. The average Bonchev–Trinajstić information content (AvgIpc) is 3.04. The summed E-state index contributed by atoms with van der Waals surface area (Å²) < 4.78 is 1.88. The van der Waals surface area contributed by atoms with Crippen LogP contribution in [-0.4, -0.2) is 44.0 Å². The van der Waals surface area contributed by atoms with Gasteiger partial charge in [-0.3, -0.25) is 4.79 Å². The molecule has 0 spiro atoms. The molecule has 5 nitrogen and oxygen atoms in total. The van der Waals surface area contributed by atoms with Crippen molar-refractivity contribution in [2.45, 2.75) is 38.3 Å². The summed E-state index contributed by atoms with van der Waals surface area (Å²) in [4.78, 5) is 18.6. The maximum atomic E-state index is 12.6. The lowest BCUT2D eigenvalue weighted by atomic mass is 10.1. The summed E-state index contributed by atoms with van der Waals surface area (Å²) in [6, 6.07) is 3.85. The topological polar surface area (TPSA) is 57.8 Å². The minimum Gasteiger partial charge on any atom is -0.393 e. The minimum absolute atomic E-state index is 0.0526. The van der Waals surface area contributed by atoms with Crippen LogP contribution in [-0.2, 0) is 0 Å². The van der Waals surface area contributed by atoms with Crippen LogP contribution >= 0.6 is 0 Å². The lowest BCUT2D eigenvalue weighted by molar-refractivity contribution is 0.0682. The summed E-state index contributed by atoms with van der Waals surface area (Å²) in [5.74, 6) is 0.0526. The second-order valence-electron chi connectivity index (χ2n) is 5.52. The van der Waals surface area contributed by atoms with Gasteiger partial charge in [0.05, 0.1) is 24.1 Å². The molecule has 106 valence electrons. The van der Waals surface area contributed by atoms with Crippen LogP contribution in [0.1, 0.15) is 36.5 Å². The Labute approximate surface area is 117 Å². The number of carbonyl (C=O) groups is 1. The molecule has 5 heteroatoms. The average molecular weight is 273 g/mol. The van der Waals surface area contributed by atoms with Crippen molar-refractivity contribution in [3.05, 3.63) is 36.4 Å². The first-order valence-corrected chi connectivity index (χ1v) is 7.06. The number of aliphatic hydroxyl groups is 1. The van der Waals surface area contributed by atoms with E-state index in [2.05, 4.69) is 4.98 Å². The molecule has 2 aromatic heterocycles. The van der Waals surface area contributed by atoms with Gasteiger partial charge in [-0.1, -0.05) is 0 Å². The number of rotatable bonds is 3. The van der Waals surface area contributed by atoms with Gasteiger partial charge in [-0.05, 0) is 38.3 Å². The quantitative estimate of drug-likeness (QED) is 0.926. The fraction of sp³-hybridized carbons (Fsp3) is 0.467. The highest BCUT2D eigenvalue weighted by Crippen LogP contribution is 2.24. The summed E-state index contributed by atoms with van der Waals surface area (Å²) in [6.45, 7) is 2.56. The molecule has 1 amide bonds. The first-order valence-electron chi connectivity index (χ1n) is 7.06. The van der Waals surface area contributed by atoms with Crippen LogP contribution in [0, 0.1) is 0 Å². The molecule has 2 atom stereocenters. The Morgan fingerprint density at radius 3 is 3.25 bits per heavy atom. The van der Waals surface area contributed by atoms with E-state index in [0.717, 1.165) is 24.9 Å². The maximum absolute atomic E-state index is 12.6. The molecule has 20 heavy (non-hydrogen) atoms. The Bertz CT molecular complexity index is 620. The van der Waals surface area contributed by atoms with Gasteiger partial charge in [0, 0.05) is 24.3 Å².